The third kappa shape index (κ3) is 3.72. The molecule has 1 amide bonds. The third-order valence-electron chi connectivity index (χ3n) is 4.09. The van der Waals surface area contributed by atoms with Crippen LogP contribution in [-0.4, -0.2) is 46.3 Å². The van der Waals surface area contributed by atoms with Gasteiger partial charge in [0, 0.05) is 24.3 Å². The second kappa shape index (κ2) is 6.31. The Balaban J connectivity index is 1.63. The zero-order chi connectivity index (χ0) is 16.4. The second-order valence-electron chi connectivity index (χ2n) is 6.15. The average molecular weight is 334 g/mol. The van der Waals surface area contributed by atoms with E-state index in [4.69, 9.17) is 17.3 Å². The van der Waals surface area contributed by atoms with Crippen molar-refractivity contribution in [2.24, 2.45) is 5.73 Å². The standard InChI is InChI=1S/C16H20ClN5O/c1-21-7-6-16(18,11-21)15(23)20-14-8-19-22(10-14)9-12-2-4-13(17)5-3-12/h2-5,8,10H,6-7,9,11,18H2,1H3,(H,20,23). The maximum Gasteiger partial charge on any atom is 0.245 e. The van der Waals surface area contributed by atoms with E-state index in [-0.39, 0.29) is 5.91 Å². The predicted molar refractivity (Wildman–Crippen MR) is 90.4 cm³/mol. The summed E-state index contributed by atoms with van der Waals surface area (Å²) in [4.78, 5) is 14.4. The number of rotatable bonds is 4. The summed E-state index contributed by atoms with van der Waals surface area (Å²) in [6.07, 6.45) is 4.10. The van der Waals surface area contributed by atoms with Gasteiger partial charge in [-0.15, -0.1) is 0 Å². The second-order valence-corrected chi connectivity index (χ2v) is 6.59. The number of anilines is 1. The Kier molecular flexibility index (Phi) is 4.39. The smallest absolute Gasteiger partial charge is 0.245 e. The van der Waals surface area contributed by atoms with Crippen LogP contribution in [0.15, 0.2) is 36.7 Å². The first-order valence-corrected chi connectivity index (χ1v) is 7.88. The minimum absolute atomic E-state index is 0.159. The molecule has 1 aromatic heterocycles. The van der Waals surface area contributed by atoms with E-state index < -0.39 is 5.54 Å². The fourth-order valence-electron chi connectivity index (χ4n) is 2.76. The van der Waals surface area contributed by atoms with Gasteiger partial charge in [0.1, 0.15) is 5.54 Å². The van der Waals surface area contributed by atoms with Gasteiger partial charge in [0.25, 0.3) is 0 Å². The SMILES string of the molecule is CN1CCC(N)(C(=O)Nc2cnn(Cc3ccc(Cl)cc3)c2)C1. The van der Waals surface area contributed by atoms with Crippen molar-refractivity contribution in [2.45, 2.75) is 18.5 Å². The van der Waals surface area contributed by atoms with Crippen LogP contribution in [-0.2, 0) is 11.3 Å². The fourth-order valence-corrected chi connectivity index (χ4v) is 2.89. The highest BCUT2D eigenvalue weighted by molar-refractivity contribution is 6.30. The number of amides is 1. The van der Waals surface area contributed by atoms with Gasteiger partial charge in [-0.05, 0) is 31.2 Å². The summed E-state index contributed by atoms with van der Waals surface area (Å²) in [6.45, 7) is 2.01. The number of halogens is 1. The van der Waals surface area contributed by atoms with Crippen LogP contribution in [0.3, 0.4) is 0 Å². The van der Waals surface area contributed by atoms with Gasteiger partial charge in [-0.25, -0.2) is 0 Å². The number of hydrogen-bond acceptors (Lipinski definition) is 4. The van der Waals surface area contributed by atoms with Crippen molar-refractivity contribution in [3.05, 3.63) is 47.2 Å². The molecule has 2 heterocycles. The van der Waals surface area contributed by atoms with Crippen molar-refractivity contribution < 1.29 is 4.79 Å². The molecular formula is C16H20ClN5O. The van der Waals surface area contributed by atoms with Crippen molar-refractivity contribution in [3.8, 4) is 0 Å². The van der Waals surface area contributed by atoms with Gasteiger partial charge in [0.05, 0.1) is 18.4 Å². The molecule has 1 aromatic carbocycles. The lowest BCUT2D eigenvalue weighted by Crippen LogP contribution is -2.52. The predicted octanol–water partition coefficient (Wildman–Crippen LogP) is 1.56. The molecule has 1 atom stereocenters. The van der Waals surface area contributed by atoms with Gasteiger partial charge in [0.15, 0.2) is 0 Å². The van der Waals surface area contributed by atoms with Crippen LogP contribution in [0, 0.1) is 0 Å². The van der Waals surface area contributed by atoms with Crippen molar-refractivity contribution in [2.75, 3.05) is 25.5 Å². The highest BCUT2D eigenvalue weighted by Crippen LogP contribution is 2.19. The topological polar surface area (TPSA) is 76.2 Å². The molecule has 122 valence electrons. The zero-order valence-corrected chi connectivity index (χ0v) is 13.8. The molecule has 0 aliphatic carbocycles. The molecule has 1 fully saturated rings. The van der Waals surface area contributed by atoms with E-state index in [2.05, 4.69) is 15.3 Å². The molecule has 0 saturated carbocycles. The Bertz CT molecular complexity index is 699. The highest BCUT2D eigenvalue weighted by atomic mass is 35.5. The molecule has 0 radical (unpaired) electrons. The number of nitrogens with one attached hydrogen (secondary N) is 1. The van der Waals surface area contributed by atoms with Crippen molar-refractivity contribution in [3.63, 3.8) is 0 Å². The van der Waals surface area contributed by atoms with E-state index in [1.54, 1.807) is 17.1 Å². The Labute approximate surface area is 140 Å². The van der Waals surface area contributed by atoms with Crippen LogP contribution in [0.4, 0.5) is 5.69 Å². The van der Waals surface area contributed by atoms with E-state index >= 15 is 0 Å². The first-order valence-electron chi connectivity index (χ1n) is 7.50. The number of likely N-dealkylation sites (N-methyl/N-ethyl adjacent to an activating group) is 1. The summed E-state index contributed by atoms with van der Waals surface area (Å²) < 4.78 is 1.77. The summed E-state index contributed by atoms with van der Waals surface area (Å²) in [5.74, 6) is -0.159. The first kappa shape index (κ1) is 16.0. The number of nitrogens with two attached hydrogens (primary N) is 1. The zero-order valence-electron chi connectivity index (χ0n) is 13.0. The molecule has 3 N–H and O–H groups in total. The van der Waals surface area contributed by atoms with Crippen molar-refractivity contribution >= 4 is 23.2 Å². The molecule has 3 rings (SSSR count). The van der Waals surface area contributed by atoms with Gasteiger partial charge in [-0.1, -0.05) is 23.7 Å². The van der Waals surface area contributed by atoms with Crippen molar-refractivity contribution in [1.29, 1.82) is 0 Å². The van der Waals surface area contributed by atoms with Crippen LogP contribution < -0.4 is 11.1 Å². The van der Waals surface area contributed by atoms with E-state index in [1.165, 1.54) is 0 Å². The lowest BCUT2D eigenvalue weighted by atomic mass is 9.99. The van der Waals surface area contributed by atoms with Crippen molar-refractivity contribution in [1.82, 2.24) is 14.7 Å². The molecule has 1 aliphatic heterocycles. The maximum absolute atomic E-state index is 12.4. The van der Waals surface area contributed by atoms with E-state index in [9.17, 15) is 4.79 Å². The first-order chi connectivity index (χ1) is 10.9. The molecule has 23 heavy (non-hydrogen) atoms. The normalized spacial score (nSPS) is 21.5. The number of nitrogens with zero attached hydrogens (tertiary/aromatic N) is 3. The van der Waals surface area contributed by atoms with Crippen LogP contribution in [0.1, 0.15) is 12.0 Å². The van der Waals surface area contributed by atoms with Crippen LogP contribution in [0.2, 0.25) is 5.02 Å². The average Bonchev–Trinajstić information content (AvgIpc) is 3.09. The summed E-state index contributed by atoms with van der Waals surface area (Å²) in [5, 5.41) is 7.84. The maximum atomic E-state index is 12.4. The number of benzene rings is 1. The Morgan fingerprint density at radius 1 is 1.43 bits per heavy atom. The molecule has 6 nitrogen and oxygen atoms in total. The molecule has 2 aromatic rings. The molecule has 0 spiro atoms. The van der Waals surface area contributed by atoms with Gasteiger partial charge in [-0.3, -0.25) is 9.48 Å². The minimum Gasteiger partial charge on any atom is -0.322 e. The lowest BCUT2D eigenvalue weighted by molar-refractivity contribution is -0.120. The summed E-state index contributed by atoms with van der Waals surface area (Å²) in [5.41, 5.74) is 7.11. The summed E-state index contributed by atoms with van der Waals surface area (Å²) in [6, 6.07) is 7.59. The molecule has 1 aliphatic rings. The summed E-state index contributed by atoms with van der Waals surface area (Å²) in [7, 11) is 1.96. The molecule has 7 heteroatoms. The van der Waals surface area contributed by atoms with Crippen LogP contribution in [0.5, 0.6) is 0 Å². The Hall–Kier alpha value is -1.89. The number of carbonyl (C=O) groups excluding carboxylic acids is 1. The van der Waals surface area contributed by atoms with E-state index in [1.807, 2.05) is 31.3 Å². The quantitative estimate of drug-likeness (QED) is 0.890. The van der Waals surface area contributed by atoms with Gasteiger partial charge < -0.3 is 16.0 Å². The lowest BCUT2D eigenvalue weighted by Gasteiger charge is -2.22. The number of hydrogen-bond donors (Lipinski definition) is 2. The molecule has 1 saturated heterocycles. The monoisotopic (exact) mass is 333 g/mol. The number of aromatic nitrogens is 2. The third-order valence-corrected chi connectivity index (χ3v) is 4.34. The largest absolute Gasteiger partial charge is 0.322 e. The van der Waals surface area contributed by atoms with E-state index in [0.717, 1.165) is 12.1 Å². The Morgan fingerprint density at radius 3 is 2.83 bits per heavy atom. The molecule has 1 unspecified atom stereocenters. The van der Waals surface area contributed by atoms with Gasteiger partial charge >= 0.3 is 0 Å². The summed E-state index contributed by atoms with van der Waals surface area (Å²) >= 11 is 5.88. The number of likely N-dealkylation sites (tertiary alicyclic amines) is 1. The van der Waals surface area contributed by atoms with Crippen LogP contribution >= 0.6 is 11.6 Å². The number of carbonyl (C=O) groups is 1. The Morgan fingerprint density at radius 2 is 2.17 bits per heavy atom. The van der Waals surface area contributed by atoms with E-state index in [0.29, 0.717) is 30.2 Å². The van der Waals surface area contributed by atoms with Gasteiger partial charge in [0.2, 0.25) is 5.91 Å². The molecular weight excluding hydrogens is 314 g/mol. The van der Waals surface area contributed by atoms with Crippen LogP contribution in [0.25, 0.3) is 0 Å². The van der Waals surface area contributed by atoms with Gasteiger partial charge in [-0.2, -0.15) is 5.10 Å². The fraction of sp³-hybridized carbons (Fsp3) is 0.375. The molecule has 0 bridgehead atoms. The highest BCUT2D eigenvalue weighted by Gasteiger charge is 2.39. The minimum atomic E-state index is -0.826.